The number of amides is 1. The molecule has 2 aromatic rings. The van der Waals surface area contributed by atoms with Crippen molar-refractivity contribution in [3.63, 3.8) is 0 Å². The number of carbonyl (C=O) groups is 1. The Morgan fingerprint density at radius 2 is 2.04 bits per heavy atom. The molecule has 154 valence electrons. The molecule has 28 heavy (non-hydrogen) atoms. The van der Waals surface area contributed by atoms with Gasteiger partial charge in [-0.25, -0.2) is 12.7 Å². The Morgan fingerprint density at radius 1 is 1.32 bits per heavy atom. The molecule has 9 heteroatoms. The van der Waals surface area contributed by atoms with Crippen molar-refractivity contribution in [2.45, 2.75) is 32.7 Å². The zero-order chi connectivity index (χ0) is 20.3. The molecule has 3 rings (SSSR count). The van der Waals surface area contributed by atoms with Crippen LogP contribution in [0.5, 0.6) is 0 Å². The molecule has 1 saturated heterocycles. The number of hydrogen-bond donors (Lipinski definition) is 0. The van der Waals surface area contributed by atoms with Gasteiger partial charge < -0.3 is 4.57 Å². The van der Waals surface area contributed by atoms with Crippen LogP contribution in [0.3, 0.4) is 0 Å². The second-order valence-electron chi connectivity index (χ2n) is 7.07. The first-order chi connectivity index (χ1) is 13.3. The molecule has 1 amide bonds. The molecule has 0 radical (unpaired) electrons. The maximum atomic E-state index is 12.8. The highest BCUT2D eigenvalue weighted by Crippen LogP contribution is 2.22. The number of piperidine rings is 1. The van der Waals surface area contributed by atoms with Crippen LogP contribution in [0.25, 0.3) is 10.2 Å². The molecule has 1 aromatic heterocycles. The van der Waals surface area contributed by atoms with E-state index in [1.54, 1.807) is 23.1 Å². The zero-order valence-corrected chi connectivity index (χ0v) is 19.0. The Morgan fingerprint density at radius 3 is 2.64 bits per heavy atom. The first-order valence-electron chi connectivity index (χ1n) is 9.48. The van der Waals surface area contributed by atoms with Crippen LogP contribution in [0.15, 0.2) is 23.2 Å². The van der Waals surface area contributed by atoms with E-state index in [0.717, 1.165) is 33.7 Å². The number of benzene rings is 1. The number of sulfonamides is 1. The van der Waals surface area contributed by atoms with Crippen molar-refractivity contribution in [3.8, 4) is 0 Å². The Labute approximate surface area is 174 Å². The summed E-state index contributed by atoms with van der Waals surface area (Å²) in [4.78, 5) is 18.0. The molecule has 0 N–H and O–H groups in total. The van der Waals surface area contributed by atoms with E-state index in [1.165, 1.54) is 16.1 Å². The van der Waals surface area contributed by atoms with E-state index in [4.69, 9.17) is 0 Å². The predicted octanol–water partition coefficient (Wildman–Crippen LogP) is 2.73. The molecular weight excluding hydrogens is 414 g/mol. The summed E-state index contributed by atoms with van der Waals surface area (Å²) in [5.74, 6) is 0.618. The minimum atomic E-state index is -3.19. The number of thioether (sulfide) groups is 1. The van der Waals surface area contributed by atoms with Gasteiger partial charge in [0.2, 0.25) is 10.0 Å². The molecule has 1 aromatic carbocycles. The van der Waals surface area contributed by atoms with Gasteiger partial charge in [0.05, 0.1) is 16.5 Å². The van der Waals surface area contributed by atoms with Gasteiger partial charge in [-0.1, -0.05) is 24.3 Å². The van der Waals surface area contributed by atoms with Gasteiger partial charge in [0.1, 0.15) is 0 Å². The summed E-state index contributed by atoms with van der Waals surface area (Å²) in [7, 11) is -3.19. The van der Waals surface area contributed by atoms with Gasteiger partial charge in [-0.3, -0.25) is 4.79 Å². The lowest BCUT2D eigenvalue weighted by Crippen LogP contribution is -2.39. The third kappa shape index (κ3) is 4.87. The van der Waals surface area contributed by atoms with Gasteiger partial charge >= 0.3 is 0 Å². The average Bonchev–Trinajstić information content (AvgIpc) is 3.01. The standard InChI is InChI=1S/C19H27N3O3S3/c1-4-14-5-6-16-17(13-14)27-19(22(16)11-12-26-2)20-18(23)15-7-9-21(10-8-15)28(3,24)25/h5-6,13,15H,4,7-12H2,1-3H3. The van der Waals surface area contributed by atoms with Crippen molar-refractivity contribution in [1.82, 2.24) is 8.87 Å². The van der Waals surface area contributed by atoms with E-state index in [9.17, 15) is 13.2 Å². The van der Waals surface area contributed by atoms with E-state index < -0.39 is 10.0 Å². The molecule has 6 nitrogen and oxygen atoms in total. The van der Waals surface area contributed by atoms with Crippen molar-refractivity contribution in [1.29, 1.82) is 0 Å². The average molecular weight is 442 g/mol. The van der Waals surface area contributed by atoms with Gasteiger partial charge in [0.25, 0.3) is 5.91 Å². The highest BCUT2D eigenvalue weighted by molar-refractivity contribution is 7.98. The second kappa shape index (κ2) is 9.11. The summed E-state index contributed by atoms with van der Waals surface area (Å²) in [6.45, 7) is 3.73. The Balaban J connectivity index is 1.88. The van der Waals surface area contributed by atoms with E-state index in [0.29, 0.717) is 25.9 Å². The maximum Gasteiger partial charge on any atom is 0.251 e. The molecule has 0 saturated carbocycles. The van der Waals surface area contributed by atoms with Crippen molar-refractivity contribution in [3.05, 3.63) is 28.6 Å². The highest BCUT2D eigenvalue weighted by atomic mass is 32.2. The van der Waals surface area contributed by atoms with Crippen LogP contribution in [-0.4, -0.2) is 54.6 Å². The Kier molecular flexibility index (Phi) is 7.01. The molecule has 1 aliphatic rings. The summed E-state index contributed by atoms with van der Waals surface area (Å²) in [6.07, 6.45) is 5.33. The summed E-state index contributed by atoms with van der Waals surface area (Å²) in [6, 6.07) is 6.44. The molecule has 0 unspecified atom stereocenters. The third-order valence-electron chi connectivity index (χ3n) is 5.15. The fraction of sp³-hybridized carbons (Fsp3) is 0.579. The van der Waals surface area contributed by atoms with Crippen LogP contribution >= 0.6 is 23.1 Å². The van der Waals surface area contributed by atoms with E-state index >= 15 is 0 Å². The smallest absolute Gasteiger partial charge is 0.251 e. The van der Waals surface area contributed by atoms with Crippen molar-refractivity contribution in [2.24, 2.45) is 10.9 Å². The van der Waals surface area contributed by atoms with Gasteiger partial charge in [-0.2, -0.15) is 16.8 Å². The van der Waals surface area contributed by atoms with Crippen molar-refractivity contribution >= 4 is 49.2 Å². The van der Waals surface area contributed by atoms with Crippen LogP contribution in [0, 0.1) is 5.92 Å². The van der Waals surface area contributed by atoms with Crippen LogP contribution in [0.1, 0.15) is 25.3 Å². The maximum absolute atomic E-state index is 12.8. The first-order valence-corrected chi connectivity index (χ1v) is 13.5. The zero-order valence-electron chi connectivity index (χ0n) is 16.6. The minimum absolute atomic E-state index is 0.131. The van der Waals surface area contributed by atoms with E-state index in [-0.39, 0.29) is 11.8 Å². The summed E-state index contributed by atoms with van der Waals surface area (Å²) in [5, 5.41) is 0. The number of carbonyl (C=O) groups excluding carboxylic acids is 1. The third-order valence-corrected chi connectivity index (χ3v) is 8.09. The first kappa shape index (κ1) is 21.5. The molecule has 2 heterocycles. The van der Waals surface area contributed by atoms with Gasteiger partial charge in [0.15, 0.2) is 4.80 Å². The van der Waals surface area contributed by atoms with Crippen LogP contribution in [0.2, 0.25) is 0 Å². The molecule has 1 fully saturated rings. The number of hydrogen-bond acceptors (Lipinski definition) is 5. The lowest BCUT2D eigenvalue weighted by molar-refractivity contribution is -0.122. The van der Waals surface area contributed by atoms with Gasteiger partial charge in [0, 0.05) is 31.3 Å². The SMILES string of the molecule is CCc1ccc2c(c1)sc(=NC(=O)C1CCN(S(C)(=O)=O)CC1)n2CCSC. The highest BCUT2D eigenvalue weighted by Gasteiger charge is 2.28. The largest absolute Gasteiger partial charge is 0.316 e. The van der Waals surface area contributed by atoms with E-state index in [1.807, 2.05) is 0 Å². The Hall–Kier alpha value is -1.16. The van der Waals surface area contributed by atoms with Gasteiger partial charge in [-0.05, 0) is 43.2 Å². The van der Waals surface area contributed by atoms with E-state index in [2.05, 4.69) is 40.9 Å². The number of aryl methyl sites for hydroxylation is 2. The monoisotopic (exact) mass is 441 g/mol. The fourth-order valence-electron chi connectivity index (χ4n) is 3.44. The second-order valence-corrected chi connectivity index (χ2v) is 11.0. The number of rotatable bonds is 6. The molecule has 0 atom stereocenters. The summed E-state index contributed by atoms with van der Waals surface area (Å²) < 4.78 is 28.1. The van der Waals surface area contributed by atoms with Crippen LogP contribution < -0.4 is 4.80 Å². The van der Waals surface area contributed by atoms with Crippen LogP contribution in [-0.2, 0) is 27.8 Å². The quantitative estimate of drug-likeness (QED) is 0.691. The van der Waals surface area contributed by atoms with Gasteiger partial charge in [-0.15, -0.1) is 0 Å². The molecular formula is C19H27N3O3S3. The normalized spacial score (nSPS) is 17.5. The molecule has 0 aliphatic carbocycles. The minimum Gasteiger partial charge on any atom is -0.316 e. The molecule has 1 aliphatic heterocycles. The van der Waals surface area contributed by atoms with Crippen molar-refractivity contribution in [2.75, 3.05) is 31.4 Å². The van der Waals surface area contributed by atoms with Crippen molar-refractivity contribution < 1.29 is 13.2 Å². The summed E-state index contributed by atoms with van der Waals surface area (Å²) >= 11 is 3.33. The molecule has 0 spiro atoms. The number of thiazole rings is 1. The predicted molar refractivity (Wildman–Crippen MR) is 117 cm³/mol. The molecule has 0 bridgehead atoms. The van der Waals surface area contributed by atoms with Crippen LogP contribution in [0.4, 0.5) is 0 Å². The lowest BCUT2D eigenvalue weighted by atomic mass is 9.98. The topological polar surface area (TPSA) is 71.7 Å². The summed E-state index contributed by atoms with van der Waals surface area (Å²) in [5.41, 5.74) is 2.39. The Bertz CT molecular complexity index is 1020. The number of aromatic nitrogens is 1. The lowest BCUT2D eigenvalue weighted by Gasteiger charge is -2.28. The fourth-order valence-corrected chi connectivity index (χ4v) is 5.81. The number of nitrogens with zero attached hydrogens (tertiary/aromatic N) is 3. The number of fused-ring (bicyclic) bond motifs is 1.